The molecule has 4 bridgehead atoms. The summed E-state index contributed by atoms with van der Waals surface area (Å²) in [5.41, 5.74) is 11.1. The highest BCUT2D eigenvalue weighted by atomic mass is 33.1. The third kappa shape index (κ3) is 8.63. The zero-order chi connectivity index (χ0) is 56.5. The number of imidazole rings is 1. The van der Waals surface area contributed by atoms with Crippen LogP contribution in [0.4, 0.5) is 0 Å². The molecule has 0 unspecified atom stereocenters. The Morgan fingerprint density at radius 1 is 0.938 bits per heavy atom. The molecule has 0 amide bonds. The van der Waals surface area contributed by atoms with Crippen LogP contribution in [0.15, 0.2) is 88.0 Å². The fourth-order valence-corrected chi connectivity index (χ4v) is 26.0. The summed E-state index contributed by atoms with van der Waals surface area (Å²) in [5.74, 6) is -2.12. The van der Waals surface area contributed by atoms with E-state index in [2.05, 4.69) is 77.5 Å². The van der Waals surface area contributed by atoms with Crippen molar-refractivity contribution in [2.45, 2.75) is 178 Å². The molecular formula is C66H94N6O7S2. The third-order valence-electron chi connectivity index (χ3n) is 24.9. The second kappa shape index (κ2) is 21.5. The minimum absolute atomic E-state index is 0.0954. The van der Waals surface area contributed by atoms with E-state index >= 15 is 9.90 Å². The van der Waals surface area contributed by atoms with Gasteiger partial charge in [0, 0.05) is 77.5 Å². The molecule has 10 aliphatic carbocycles. The van der Waals surface area contributed by atoms with Crippen molar-refractivity contribution in [3.8, 4) is 0 Å². The van der Waals surface area contributed by atoms with Gasteiger partial charge in [-0.1, -0.05) is 108 Å². The zero-order valence-corrected chi connectivity index (χ0v) is 50.4. The van der Waals surface area contributed by atoms with Crippen LogP contribution in [0.1, 0.15) is 142 Å². The lowest BCUT2D eigenvalue weighted by atomic mass is 9.38. The first kappa shape index (κ1) is 57.1. The predicted molar refractivity (Wildman–Crippen MR) is 320 cm³/mol. The average Bonchev–Trinajstić information content (AvgIpc) is 1.92. The Hall–Kier alpha value is -2.99. The standard InChI is InChI=1S/C66H94N6O7S2/c1-36(74)71-61(67)70-32-43-45-20-19-40-39-15-11-16-41-52(39)54-58(42-17-12-24-64(55(41)42)22-9-10-23-64)62(2,3)29-38(72-26-25-69-35-72)33-80-81-51(21-18-37-13-7-6-8-14-37)46-27-47(53(40)60(54)78)65(45,34-73)66(46,79)48-28-49(75)57-44(31-68-5)59(77)50(76)30-63(57,4)56(43)48/h6-8,13-14,25-26,28,35-36,38-40,43-47,50-51,53-57,59-60,68,73-74,76-79H,9-12,15-24,27,29-34H2,1-5H3,(H3,67,70,71)/t36-,38-,39+,40+,43-,44-,45+,46-,47-,50+,51-,53+,54-,55+,56+,57+,59-,60+,63-,65-,66-/m1/s1. The molecule has 15 heteroatoms. The van der Waals surface area contributed by atoms with E-state index in [1.807, 2.05) is 41.2 Å². The molecule has 21 atom stereocenters. The van der Waals surface area contributed by atoms with Crippen LogP contribution in [0.5, 0.6) is 0 Å². The van der Waals surface area contributed by atoms with Crippen LogP contribution < -0.4 is 16.4 Å². The number of hydrogen-bond acceptors (Lipinski definition) is 12. The van der Waals surface area contributed by atoms with Crippen LogP contribution in [-0.4, -0.2) is 120 Å². The molecule has 10 N–H and O–H groups in total. The molecule has 0 radical (unpaired) electrons. The lowest BCUT2D eigenvalue weighted by Crippen LogP contribution is -2.71. The topological polar surface area (TPSA) is 219 Å². The molecule has 11 aliphatic rings. The van der Waals surface area contributed by atoms with Gasteiger partial charge in [0.25, 0.3) is 0 Å². The summed E-state index contributed by atoms with van der Waals surface area (Å²) in [7, 11) is 5.61. The molecule has 13 nitrogen and oxygen atoms in total. The van der Waals surface area contributed by atoms with Gasteiger partial charge in [0.2, 0.25) is 0 Å². The number of nitrogens with one attached hydrogen (secondary N) is 2. The molecule has 1 aromatic carbocycles. The number of aromatic nitrogens is 2. The number of guanidine groups is 1. The van der Waals surface area contributed by atoms with E-state index in [0.29, 0.717) is 30.9 Å². The number of hydrogen-bond donors (Lipinski definition) is 9. The molecule has 2 heterocycles. The van der Waals surface area contributed by atoms with Gasteiger partial charge in [-0.2, -0.15) is 0 Å². The Bertz CT molecular complexity index is 2820. The third-order valence-corrected chi connectivity index (χ3v) is 27.9. The predicted octanol–water partition coefficient (Wildman–Crippen LogP) is 8.56. The van der Waals surface area contributed by atoms with Crippen molar-refractivity contribution in [1.29, 1.82) is 0 Å². The van der Waals surface area contributed by atoms with Gasteiger partial charge in [-0.25, -0.2) is 4.98 Å². The van der Waals surface area contributed by atoms with Crippen molar-refractivity contribution in [3.05, 3.63) is 88.6 Å². The number of nitrogens with zero attached hydrogens (tertiary/aromatic N) is 3. The second-order valence-corrected chi connectivity index (χ2v) is 31.6. The summed E-state index contributed by atoms with van der Waals surface area (Å²) in [6.45, 7) is 8.96. The molecular weight excluding hydrogens is 1050 g/mol. The second-order valence-electron chi connectivity index (χ2n) is 28.9. The van der Waals surface area contributed by atoms with E-state index in [-0.39, 0.29) is 94.9 Å². The average molecular weight is 1150 g/mol. The molecule has 8 fully saturated rings. The zero-order valence-electron chi connectivity index (χ0n) is 48.8. The molecule has 1 aromatic heterocycles. The largest absolute Gasteiger partial charge is 0.396 e. The number of aliphatic hydroxyl groups is 6. The minimum Gasteiger partial charge on any atom is -0.396 e. The van der Waals surface area contributed by atoms with Gasteiger partial charge in [0.15, 0.2) is 11.7 Å². The summed E-state index contributed by atoms with van der Waals surface area (Å²) in [4.78, 5) is 25.5. The van der Waals surface area contributed by atoms with Gasteiger partial charge in [-0.3, -0.25) is 9.79 Å². The van der Waals surface area contributed by atoms with Gasteiger partial charge in [-0.05, 0) is 185 Å². The number of aliphatic hydroxyl groups excluding tert-OH is 5. The number of ketones is 1. The van der Waals surface area contributed by atoms with Crippen molar-refractivity contribution >= 4 is 33.3 Å². The number of carbonyl (C=O) groups is 1. The smallest absolute Gasteiger partial charge is 0.190 e. The van der Waals surface area contributed by atoms with Crippen LogP contribution in [-0.2, 0) is 11.2 Å². The Balaban J connectivity index is 1.07. The number of allylic oxidation sites excluding steroid dienone is 3. The molecule has 1 saturated heterocycles. The van der Waals surface area contributed by atoms with Crippen LogP contribution in [0, 0.1) is 92.7 Å². The maximum atomic E-state index is 15.8. The van der Waals surface area contributed by atoms with E-state index in [4.69, 9.17) is 10.7 Å². The van der Waals surface area contributed by atoms with Gasteiger partial charge in [0.1, 0.15) is 6.23 Å². The fraction of sp³-hybridized carbons (Fsp3) is 0.742. The molecule has 1 aliphatic heterocycles. The molecule has 1 spiro atoms. The molecule has 442 valence electrons. The number of aryl methyl sites for hydroxylation is 1. The number of rotatable bonds is 10. The van der Waals surface area contributed by atoms with Gasteiger partial charge < -0.3 is 51.6 Å². The van der Waals surface area contributed by atoms with Gasteiger partial charge >= 0.3 is 0 Å². The van der Waals surface area contributed by atoms with E-state index < -0.39 is 64.6 Å². The highest BCUT2D eigenvalue weighted by molar-refractivity contribution is 8.76. The first-order valence-corrected chi connectivity index (χ1v) is 34.1. The van der Waals surface area contributed by atoms with Crippen LogP contribution in [0.3, 0.4) is 0 Å². The van der Waals surface area contributed by atoms with Crippen LogP contribution in [0.2, 0.25) is 0 Å². The van der Waals surface area contributed by atoms with Crippen molar-refractivity contribution in [1.82, 2.24) is 20.2 Å². The Morgan fingerprint density at radius 3 is 2.43 bits per heavy atom. The maximum absolute atomic E-state index is 15.8. The van der Waals surface area contributed by atoms with E-state index in [1.165, 1.54) is 49.7 Å². The minimum atomic E-state index is -1.72. The summed E-state index contributed by atoms with van der Waals surface area (Å²) >= 11 is 0. The maximum Gasteiger partial charge on any atom is 0.190 e. The number of aliphatic imine (C=N–C) groups is 1. The van der Waals surface area contributed by atoms with Crippen molar-refractivity contribution < 1.29 is 35.4 Å². The monoisotopic (exact) mass is 1150 g/mol. The highest BCUT2D eigenvalue weighted by Crippen LogP contribution is 2.79. The molecule has 13 rings (SSSR count). The van der Waals surface area contributed by atoms with Gasteiger partial charge in [0.05, 0.1) is 36.8 Å². The Kier molecular flexibility index (Phi) is 15.1. The Morgan fingerprint density at radius 2 is 1.70 bits per heavy atom. The quantitative estimate of drug-likeness (QED) is 0.0359. The van der Waals surface area contributed by atoms with Crippen molar-refractivity contribution in [2.24, 2.45) is 103 Å². The Labute approximate surface area is 489 Å². The summed E-state index contributed by atoms with van der Waals surface area (Å²) < 4.78 is 2.33. The molecule has 2 aromatic rings. The summed E-state index contributed by atoms with van der Waals surface area (Å²) in [6.07, 6.45) is 20.5. The molecule has 7 saturated carbocycles. The number of carbonyl (C=O) groups excluding carboxylic acids is 1. The number of nitrogens with two attached hydrogens (primary N) is 1. The lowest BCUT2D eigenvalue weighted by Gasteiger charge is -2.67. The van der Waals surface area contributed by atoms with Crippen molar-refractivity contribution in [3.63, 3.8) is 0 Å². The summed E-state index contributed by atoms with van der Waals surface area (Å²) in [6, 6.07) is 10.7. The lowest BCUT2D eigenvalue weighted by molar-refractivity contribution is -0.216. The SMILES string of the molecule is CNC[C@H]1[C@@H](O)[C@@H](O)C[C@@]2(C)[C@@H]1C(=O)C=C1[C@@H]2[C@H](CN=C(N)N[C@@H](C)O)[C@@H]2CC[C@@H]3[C@@H]4[C@H](O)[C@@H]5C6=C(CCC[C@H]63)[C@H]3C(=C5C(C)(C)C[C@@H](n5ccnc5)CSS[C@H](CCc5ccccc5)[C@H]5C[C@H]4[C@]2(CO)[C@]15O)CCCC31CCCC1. The van der Waals surface area contributed by atoms with Crippen LogP contribution in [0.25, 0.3) is 0 Å². The molecule has 81 heavy (non-hydrogen) atoms. The first-order chi connectivity index (χ1) is 38.9. The normalized spacial score (nSPS) is 44.4. The van der Waals surface area contributed by atoms with E-state index in [0.717, 1.165) is 57.1 Å². The van der Waals surface area contributed by atoms with Crippen LogP contribution >= 0.6 is 21.6 Å². The fourth-order valence-electron chi connectivity index (χ4n) is 22.7. The van der Waals surface area contributed by atoms with Gasteiger partial charge in [-0.15, -0.1) is 0 Å². The first-order valence-electron chi connectivity index (χ1n) is 31.7. The highest BCUT2D eigenvalue weighted by Gasteiger charge is 2.80. The van der Waals surface area contributed by atoms with Crippen molar-refractivity contribution in [2.75, 3.05) is 32.5 Å². The number of fused-ring (bicyclic) bond motifs is 10. The van der Waals surface area contributed by atoms with E-state index in [1.54, 1.807) is 29.7 Å². The number of benzene rings is 1. The van der Waals surface area contributed by atoms with E-state index in [9.17, 15) is 25.5 Å². The summed E-state index contributed by atoms with van der Waals surface area (Å²) in [5, 5.41) is 84.2.